The summed E-state index contributed by atoms with van der Waals surface area (Å²) in [5.74, 6) is 1.04. The van der Waals surface area contributed by atoms with Gasteiger partial charge in [-0.2, -0.15) is 0 Å². The third kappa shape index (κ3) is 5.61. The van der Waals surface area contributed by atoms with E-state index in [1.165, 1.54) is 13.0 Å². The number of hydrogen-bond acceptors (Lipinski definition) is 4. The van der Waals surface area contributed by atoms with Gasteiger partial charge >= 0.3 is 0 Å². The van der Waals surface area contributed by atoms with Gasteiger partial charge in [-0.1, -0.05) is 18.2 Å². The number of ether oxygens (including phenoxy) is 2. The molecule has 28 heavy (non-hydrogen) atoms. The van der Waals surface area contributed by atoms with Crippen molar-refractivity contribution < 1.29 is 19.1 Å². The number of hydrogen-bond donors (Lipinski definition) is 1. The van der Waals surface area contributed by atoms with Crippen LogP contribution in [-0.2, 0) is 16.1 Å². The predicted octanol–water partition coefficient (Wildman–Crippen LogP) is 3.72. The quantitative estimate of drug-likeness (QED) is 0.707. The Morgan fingerprint density at radius 2 is 1.86 bits per heavy atom. The summed E-state index contributed by atoms with van der Waals surface area (Å²) < 4.78 is 10.5. The average Bonchev–Trinajstić information content (AvgIpc) is 2.71. The Kier molecular flexibility index (Phi) is 7.63. The molecule has 0 spiro atoms. The third-order valence-electron chi connectivity index (χ3n) is 4.31. The molecule has 0 atom stereocenters. The maximum absolute atomic E-state index is 12.4. The molecule has 0 saturated heterocycles. The predicted molar refractivity (Wildman–Crippen MR) is 110 cm³/mol. The summed E-state index contributed by atoms with van der Waals surface area (Å²) in [4.78, 5) is 25.8. The van der Waals surface area contributed by atoms with Crippen molar-refractivity contribution in [1.29, 1.82) is 0 Å². The minimum Gasteiger partial charge on any atom is -0.497 e. The van der Waals surface area contributed by atoms with Crippen molar-refractivity contribution in [2.75, 3.05) is 26.1 Å². The number of rotatable bonds is 8. The molecule has 0 fully saturated rings. The largest absolute Gasteiger partial charge is 0.497 e. The summed E-state index contributed by atoms with van der Waals surface area (Å²) in [6.45, 7) is 4.50. The van der Waals surface area contributed by atoms with Gasteiger partial charge in [0, 0.05) is 37.3 Å². The second-order valence-corrected chi connectivity index (χ2v) is 6.12. The second kappa shape index (κ2) is 10.2. The van der Waals surface area contributed by atoms with Crippen molar-refractivity contribution in [1.82, 2.24) is 4.90 Å². The van der Waals surface area contributed by atoms with Gasteiger partial charge in [-0.25, -0.2) is 0 Å². The van der Waals surface area contributed by atoms with Crippen LogP contribution in [-0.4, -0.2) is 37.5 Å². The van der Waals surface area contributed by atoms with E-state index in [9.17, 15) is 9.59 Å². The highest BCUT2D eigenvalue weighted by atomic mass is 16.5. The van der Waals surface area contributed by atoms with Crippen LogP contribution in [0.4, 0.5) is 5.69 Å². The highest BCUT2D eigenvalue weighted by molar-refractivity contribution is 6.02. The molecule has 0 saturated carbocycles. The van der Waals surface area contributed by atoms with Crippen molar-refractivity contribution >= 4 is 23.6 Å². The van der Waals surface area contributed by atoms with Gasteiger partial charge in [0.05, 0.1) is 14.2 Å². The first-order valence-electron chi connectivity index (χ1n) is 9.03. The average molecular weight is 382 g/mol. The lowest BCUT2D eigenvalue weighted by Gasteiger charge is -2.20. The molecule has 0 aliphatic carbocycles. The van der Waals surface area contributed by atoms with Crippen molar-refractivity contribution in [2.24, 2.45) is 0 Å². The summed E-state index contributed by atoms with van der Waals surface area (Å²) in [6, 6.07) is 12.8. The fourth-order valence-electron chi connectivity index (χ4n) is 2.74. The molecule has 6 heteroatoms. The van der Waals surface area contributed by atoms with Crippen molar-refractivity contribution in [3.05, 3.63) is 59.7 Å². The van der Waals surface area contributed by atoms with Gasteiger partial charge in [0.2, 0.25) is 11.8 Å². The van der Waals surface area contributed by atoms with Gasteiger partial charge in [0.25, 0.3) is 0 Å². The first-order chi connectivity index (χ1) is 13.5. The molecule has 2 aromatic rings. The summed E-state index contributed by atoms with van der Waals surface area (Å²) in [5, 5.41) is 2.88. The number of methoxy groups -OCH3 is 2. The fraction of sp³-hybridized carbons (Fsp3) is 0.273. The van der Waals surface area contributed by atoms with E-state index < -0.39 is 0 Å². The lowest BCUT2D eigenvalue weighted by Crippen LogP contribution is -2.28. The van der Waals surface area contributed by atoms with Crippen LogP contribution in [0.2, 0.25) is 0 Å². The van der Waals surface area contributed by atoms with E-state index >= 15 is 0 Å². The standard InChI is InChI=1S/C22H26N2O4/c1-5-24(16(2)25)15-18-8-6-7-9-20(18)23-22(26)13-10-17-14-19(27-3)11-12-21(17)28-4/h6-14H,5,15H2,1-4H3,(H,23,26)/b13-10+. The molecule has 0 aliphatic heterocycles. The highest BCUT2D eigenvalue weighted by Crippen LogP contribution is 2.25. The second-order valence-electron chi connectivity index (χ2n) is 6.12. The van der Waals surface area contributed by atoms with Gasteiger partial charge in [-0.15, -0.1) is 0 Å². The number of anilines is 1. The first kappa shape index (κ1) is 21.0. The van der Waals surface area contributed by atoms with Crippen LogP contribution < -0.4 is 14.8 Å². The summed E-state index contributed by atoms with van der Waals surface area (Å²) in [5.41, 5.74) is 2.29. The van der Waals surface area contributed by atoms with Gasteiger partial charge in [-0.3, -0.25) is 9.59 Å². The van der Waals surface area contributed by atoms with Crippen molar-refractivity contribution in [2.45, 2.75) is 20.4 Å². The zero-order valence-corrected chi connectivity index (χ0v) is 16.7. The van der Waals surface area contributed by atoms with E-state index in [2.05, 4.69) is 5.32 Å². The Bertz CT molecular complexity index is 861. The number of amides is 2. The SMILES string of the molecule is CCN(Cc1ccccc1NC(=O)/C=C/c1cc(OC)ccc1OC)C(C)=O. The number of carbonyl (C=O) groups excluding carboxylic acids is 2. The molecule has 148 valence electrons. The Balaban J connectivity index is 2.16. The Morgan fingerprint density at radius 1 is 1.11 bits per heavy atom. The molecule has 0 bridgehead atoms. The molecule has 2 amide bonds. The third-order valence-corrected chi connectivity index (χ3v) is 4.31. The molecule has 2 aromatic carbocycles. The van der Waals surface area contributed by atoms with E-state index in [0.717, 1.165) is 11.1 Å². The number of benzene rings is 2. The minimum atomic E-state index is -0.275. The molecule has 6 nitrogen and oxygen atoms in total. The first-order valence-corrected chi connectivity index (χ1v) is 9.03. The molecule has 2 rings (SSSR count). The van der Waals surface area contributed by atoms with E-state index in [-0.39, 0.29) is 11.8 Å². The zero-order valence-electron chi connectivity index (χ0n) is 16.7. The fourth-order valence-corrected chi connectivity index (χ4v) is 2.74. The molecule has 1 N–H and O–H groups in total. The van der Waals surface area contributed by atoms with E-state index in [0.29, 0.717) is 30.3 Å². The molecule has 0 unspecified atom stereocenters. The summed E-state index contributed by atoms with van der Waals surface area (Å²) in [7, 11) is 3.16. The zero-order chi connectivity index (χ0) is 20.5. The van der Waals surface area contributed by atoms with Crippen molar-refractivity contribution in [3.8, 4) is 11.5 Å². The van der Waals surface area contributed by atoms with Crippen LogP contribution >= 0.6 is 0 Å². The Morgan fingerprint density at radius 3 is 2.50 bits per heavy atom. The molecular weight excluding hydrogens is 356 g/mol. The number of nitrogens with zero attached hydrogens (tertiary/aromatic N) is 1. The smallest absolute Gasteiger partial charge is 0.248 e. The number of nitrogens with one attached hydrogen (secondary N) is 1. The van der Waals surface area contributed by atoms with Crippen LogP contribution in [0.3, 0.4) is 0 Å². The maximum Gasteiger partial charge on any atom is 0.248 e. The van der Waals surface area contributed by atoms with Gasteiger partial charge < -0.3 is 19.7 Å². The monoisotopic (exact) mass is 382 g/mol. The summed E-state index contributed by atoms with van der Waals surface area (Å²) in [6.07, 6.45) is 3.11. The summed E-state index contributed by atoms with van der Waals surface area (Å²) >= 11 is 0. The van der Waals surface area contributed by atoms with Crippen LogP contribution in [0.15, 0.2) is 48.5 Å². The number of para-hydroxylation sites is 1. The highest BCUT2D eigenvalue weighted by Gasteiger charge is 2.11. The Labute approximate surface area is 165 Å². The van der Waals surface area contributed by atoms with Crippen molar-refractivity contribution in [3.63, 3.8) is 0 Å². The molecular formula is C22H26N2O4. The molecule has 0 heterocycles. The topological polar surface area (TPSA) is 67.9 Å². The minimum absolute atomic E-state index is 0.00588. The molecule has 0 radical (unpaired) electrons. The lowest BCUT2D eigenvalue weighted by atomic mass is 10.1. The lowest BCUT2D eigenvalue weighted by molar-refractivity contribution is -0.129. The Hall–Kier alpha value is -3.28. The van der Waals surface area contributed by atoms with Crippen LogP contribution in [0.25, 0.3) is 6.08 Å². The maximum atomic E-state index is 12.4. The normalized spacial score (nSPS) is 10.6. The van der Waals surface area contributed by atoms with Gasteiger partial charge in [-0.05, 0) is 42.8 Å². The van der Waals surface area contributed by atoms with E-state index in [1.54, 1.807) is 43.4 Å². The molecule has 0 aliphatic rings. The van der Waals surface area contributed by atoms with Crippen LogP contribution in [0, 0.1) is 0 Å². The van der Waals surface area contributed by atoms with E-state index in [1.807, 2.05) is 31.2 Å². The van der Waals surface area contributed by atoms with Crippen LogP contribution in [0.1, 0.15) is 25.0 Å². The van der Waals surface area contributed by atoms with Gasteiger partial charge in [0.15, 0.2) is 0 Å². The van der Waals surface area contributed by atoms with Crippen LogP contribution in [0.5, 0.6) is 11.5 Å². The number of carbonyl (C=O) groups is 2. The van der Waals surface area contributed by atoms with E-state index in [4.69, 9.17) is 9.47 Å². The molecule has 0 aromatic heterocycles. The van der Waals surface area contributed by atoms with Gasteiger partial charge in [0.1, 0.15) is 11.5 Å².